The van der Waals surface area contributed by atoms with E-state index in [-0.39, 0.29) is 5.91 Å². The Morgan fingerprint density at radius 3 is 2.71 bits per heavy atom. The number of aryl methyl sites for hydroxylation is 1. The summed E-state index contributed by atoms with van der Waals surface area (Å²) in [6.07, 6.45) is 1.70. The van der Waals surface area contributed by atoms with Gasteiger partial charge in [-0.05, 0) is 72.8 Å². The number of carbonyl (C=O) groups excluding carboxylic acids is 1. The lowest BCUT2D eigenvalue weighted by atomic mass is 10.1. The van der Waals surface area contributed by atoms with Crippen LogP contribution in [-0.2, 0) is 4.79 Å². The van der Waals surface area contributed by atoms with Crippen LogP contribution in [-0.4, -0.2) is 11.1 Å². The first-order valence-corrected chi connectivity index (χ1v) is 9.39. The van der Waals surface area contributed by atoms with E-state index in [4.69, 9.17) is 9.68 Å². The van der Waals surface area contributed by atoms with Crippen LogP contribution in [0.15, 0.2) is 75.0 Å². The van der Waals surface area contributed by atoms with Gasteiger partial charge in [0.05, 0.1) is 22.2 Å². The zero-order valence-corrected chi connectivity index (χ0v) is 15.8. The topological polar surface area (TPSA) is 78.4 Å². The van der Waals surface area contributed by atoms with Crippen molar-refractivity contribution in [2.45, 2.75) is 6.92 Å². The van der Waals surface area contributed by atoms with Crippen LogP contribution < -0.4 is 5.32 Å². The molecule has 28 heavy (non-hydrogen) atoms. The third-order valence-corrected chi connectivity index (χ3v) is 4.99. The van der Waals surface area contributed by atoms with Gasteiger partial charge in [-0.3, -0.25) is 4.79 Å². The zero-order valence-electron chi connectivity index (χ0n) is 15.0. The zero-order chi connectivity index (χ0) is 19.5. The van der Waals surface area contributed by atoms with Crippen molar-refractivity contribution >= 4 is 34.6 Å². The Morgan fingerprint density at radius 2 is 1.96 bits per heavy atom. The van der Waals surface area contributed by atoms with Crippen LogP contribution >= 0.6 is 11.8 Å². The van der Waals surface area contributed by atoms with E-state index in [0.717, 1.165) is 16.8 Å². The summed E-state index contributed by atoms with van der Waals surface area (Å²) < 4.78 is 5.83. The molecule has 0 radical (unpaired) electrons. The van der Waals surface area contributed by atoms with E-state index in [1.54, 1.807) is 18.2 Å². The number of aliphatic imine (C=N–C) groups is 1. The van der Waals surface area contributed by atoms with Crippen molar-refractivity contribution in [1.29, 1.82) is 5.26 Å². The molecule has 2 heterocycles. The van der Waals surface area contributed by atoms with Gasteiger partial charge in [-0.15, -0.1) is 0 Å². The van der Waals surface area contributed by atoms with Crippen molar-refractivity contribution in [3.8, 4) is 17.4 Å². The number of nitrogens with zero attached hydrogens (tertiary/aromatic N) is 2. The van der Waals surface area contributed by atoms with Gasteiger partial charge in [0.15, 0.2) is 5.17 Å². The number of nitriles is 1. The molecule has 0 atom stereocenters. The smallest absolute Gasteiger partial charge is 0.264 e. The molecule has 6 heteroatoms. The molecule has 0 unspecified atom stereocenters. The van der Waals surface area contributed by atoms with Crippen molar-refractivity contribution < 1.29 is 9.21 Å². The van der Waals surface area contributed by atoms with Crippen LogP contribution in [0.25, 0.3) is 17.4 Å². The Kier molecular flexibility index (Phi) is 4.83. The molecule has 136 valence electrons. The van der Waals surface area contributed by atoms with E-state index in [1.807, 2.05) is 55.5 Å². The predicted octanol–water partition coefficient (Wildman–Crippen LogP) is 5.02. The number of nitrogens with one attached hydrogen (secondary N) is 1. The van der Waals surface area contributed by atoms with Gasteiger partial charge in [0.2, 0.25) is 0 Å². The fourth-order valence-electron chi connectivity index (χ4n) is 2.72. The average Bonchev–Trinajstić information content (AvgIpc) is 3.29. The second-order valence-corrected chi connectivity index (χ2v) is 7.24. The Morgan fingerprint density at radius 1 is 1.14 bits per heavy atom. The van der Waals surface area contributed by atoms with Crippen molar-refractivity contribution in [2.24, 2.45) is 4.99 Å². The van der Waals surface area contributed by atoms with Gasteiger partial charge in [0.25, 0.3) is 5.91 Å². The van der Waals surface area contributed by atoms with Crippen molar-refractivity contribution in [3.63, 3.8) is 0 Å². The SMILES string of the molecule is Cc1cccc(N=C2NC(=O)/C(=C/c3ccc(-c4ccc(C#N)cc4)o3)S2)c1. The molecular weight excluding hydrogens is 370 g/mol. The fourth-order valence-corrected chi connectivity index (χ4v) is 3.54. The van der Waals surface area contributed by atoms with Crippen molar-refractivity contribution in [2.75, 3.05) is 0 Å². The summed E-state index contributed by atoms with van der Waals surface area (Å²) in [5, 5.41) is 12.2. The second-order valence-electron chi connectivity index (χ2n) is 6.21. The molecule has 0 bridgehead atoms. The maximum atomic E-state index is 12.2. The first kappa shape index (κ1) is 17.8. The summed E-state index contributed by atoms with van der Waals surface area (Å²) >= 11 is 1.28. The predicted molar refractivity (Wildman–Crippen MR) is 111 cm³/mol. The first-order chi connectivity index (χ1) is 13.6. The minimum Gasteiger partial charge on any atom is -0.457 e. The summed E-state index contributed by atoms with van der Waals surface area (Å²) in [6.45, 7) is 2.00. The van der Waals surface area contributed by atoms with Crippen LogP contribution in [0.5, 0.6) is 0 Å². The lowest BCUT2D eigenvalue weighted by Gasteiger charge is -1.97. The Bertz CT molecular complexity index is 1150. The van der Waals surface area contributed by atoms with Crippen LogP contribution in [0, 0.1) is 18.3 Å². The number of hydrogen-bond acceptors (Lipinski definition) is 5. The van der Waals surface area contributed by atoms with E-state index in [2.05, 4.69) is 16.4 Å². The second kappa shape index (κ2) is 7.59. The molecule has 0 aliphatic carbocycles. The summed E-state index contributed by atoms with van der Waals surface area (Å²) in [5.74, 6) is 1.05. The summed E-state index contributed by atoms with van der Waals surface area (Å²) in [6, 6.07) is 20.7. The lowest BCUT2D eigenvalue weighted by molar-refractivity contribution is -0.115. The number of amidine groups is 1. The summed E-state index contributed by atoms with van der Waals surface area (Å²) in [4.78, 5) is 17.2. The summed E-state index contributed by atoms with van der Waals surface area (Å²) in [7, 11) is 0. The molecule has 1 aliphatic heterocycles. The highest BCUT2D eigenvalue weighted by Gasteiger charge is 2.24. The monoisotopic (exact) mass is 385 g/mol. The third-order valence-electron chi connectivity index (χ3n) is 4.08. The lowest BCUT2D eigenvalue weighted by Crippen LogP contribution is -2.19. The van der Waals surface area contributed by atoms with Crippen LogP contribution in [0.2, 0.25) is 0 Å². The molecule has 4 rings (SSSR count). The number of amides is 1. The highest BCUT2D eigenvalue weighted by Crippen LogP contribution is 2.30. The molecule has 0 spiro atoms. The number of rotatable bonds is 3. The molecule has 0 saturated carbocycles. The Balaban J connectivity index is 1.54. The van der Waals surface area contributed by atoms with Gasteiger partial charge < -0.3 is 9.73 Å². The van der Waals surface area contributed by atoms with Crippen LogP contribution in [0.3, 0.4) is 0 Å². The Hall–Kier alpha value is -3.56. The van der Waals surface area contributed by atoms with Gasteiger partial charge in [0.1, 0.15) is 11.5 Å². The van der Waals surface area contributed by atoms with Crippen molar-refractivity contribution in [3.05, 3.63) is 82.5 Å². The number of thioether (sulfide) groups is 1. The van der Waals surface area contributed by atoms with Crippen molar-refractivity contribution in [1.82, 2.24) is 5.32 Å². The molecule has 1 amide bonds. The quantitative estimate of drug-likeness (QED) is 0.642. The molecule has 3 aromatic rings. The number of benzene rings is 2. The van der Waals surface area contributed by atoms with E-state index >= 15 is 0 Å². The maximum Gasteiger partial charge on any atom is 0.264 e. The van der Waals surface area contributed by atoms with Crippen LogP contribution in [0.4, 0.5) is 5.69 Å². The van der Waals surface area contributed by atoms with E-state index in [1.165, 1.54) is 11.8 Å². The number of carbonyl (C=O) groups is 1. The molecule has 1 saturated heterocycles. The van der Waals surface area contributed by atoms with Gasteiger partial charge in [-0.25, -0.2) is 4.99 Å². The van der Waals surface area contributed by atoms with Crippen LogP contribution in [0.1, 0.15) is 16.9 Å². The van der Waals surface area contributed by atoms with Gasteiger partial charge in [-0.2, -0.15) is 5.26 Å². The van der Waals surface area contributed by atoms with E-state index < -0.39 is 0 Å². The maximum absolute atomic E-state index is 12.2. The normalized spacial score (nSPS) is 16.4. The number of furan rings is 1. The average molecular weight is 385 g/mol. The fraction of sp³-hybridized carbons (Fsp3) is 0.0455. The minimum atomic E-state index is -0.201. The highest BCUT2D eigenvalue weighted by molar-refractivity contribution is 8.18. The summed E-state index contributed by atoms with van der Waals surface area (Å²) in [5.41, 5.74) is 3.37. The van der Waals surface area contributed by atoms with E-state index in [0.29, 0.717) is 27.2 Å². The van der Waals surface area contributed by atoms with Gasteiger partial charge in [-0.1, -0.05) is 12.1 Å². The molecule has 1 aromatic heterocycles. The standard InChI is InChI=1S/C22H15N3O2S/c1-14-3-2-4-17(11-14)24-22-25-21(26)20(28-22)12-18-9-10-19(27-18)16-7-5-15(13-23)6-8-16/h2-12H,1H3,(H,24,25,26)/b20-12-. The molecule has 1 fully saturated rings. The molecule has 5 nitrogen and oxygen atoms in total. The molecule has 1 aliphatic rings. The highest BCUT2D eigenvalue weighted by atomic mass is 32.2. The Labute approximate surface area is 166 Å². The van der Waals surface area contributed by atoms with E-state index in [9.17, 15) is 4.79 Å². The van der Waals surface area contributed by atoms with Gasteiger partial charge >= 0.3 is 0 Å². The largest absolute Gasteiger partial charge is 0.457 e. The molecule has 2 aromatic carbocycles. The third kappa shape index (κ3) is 3.90. The van der Waals surface area contributed by atoms with Gasteiger partial charge in [0, 0.05) is 11.6 Å². The number of hydrogen-bond donors (Lipinski definition) is 1. The molecule has 1 N–H and O–H groups in total. The molecular formula is C22H15N3O2S. The first-order valence-electron chi connectivity index (χ1n) is 8.57. The minimum absolute atomic E-state index is 0.201.